The van der Waals surface area contributed by atoms with Gasteiger partial charge in [0.2, 0.25) is 15.9 Å². The highest BCUT2D eigenvalue weighted by molar-refractivity contribution is 7.88. The van der Waals surface area contributed by atoms with Gasteiger partial charge in [-0.25, -0.2) is 8.42 Å². The molecule has 1 saturated heterocycles. The van der Waals surface area contributed by atoms with E-state index in [4.69, 9.17) is 4.74 Å². The summed E-state index contributed by atoms with van der Waals surface area (Å²) in [7, 11) is -3.17. The molecule has 0 spiro atoms. The van der Waals surface area contributed by atoms with Crippen molar-refractivity contribution in [2.75, 3.05) is 39.0 Å². The van der Waals surface area contributed by atoms with E-state index in [9.17, 15) is 13.2 Å². The van der Waals surface area contributed by atoms with Gasteiger partial charge in [-0.05, 0) is 29.3 Å². The number of hydrogen-bond acceptors (Lipinski definition) is 4. The van der Waals surface area contributed by atoms with Crippen molar-refractivity contribution in [2.24, 2.45) is 0 Å². The Morgan fingerprint density at radius 1 is 1.22 bits per heavy atom. The van der Waals surface area contributed by atoms with Gasteiger partial charge in [-0.3, -0.25) is 4.79 Å². The molecule has 1 amide bonds. The number of rotatable bonds is 3. The summed E-state index contributed by atoms with van der Waals surface area (Å²) in [6.45, 7) is 2.28. The van der Waals surface area contributed by atoms with Crippen LogP contribution in [0.25, 0.3) is 6.08 Å². The summed E-state index contributed by atoms with van der Waals surface area (Å²) in [5, 5.41) is 0. The van der Waals surface area contributed by atoms with Gasteiger partial charge < -0.3 is 9.64 Å². The molecule has 6 nitrogen and oxygen atoms in total. The summed E-state index contributed by atoms with van der Waals surface area (Å²) in [6, 6.07) is 5.89. The van der Waals surface area contributed by atoms with E-state index >= 15 is 0 Å². The van der Waals surface area contributed by atoms with Crippen LogP contribution in [0, 0.1) is 0 Å². The van der Waals surface area contributed by atoms with Crippen molar-refractivity contribution in [1.29, 1.82) is 0 Å². The van der Waals surface area contributed by atoms with Gasteiger partial charge in [-0.15, -0.1) is 0 Å². The lowest BCUT2D eigenvalue weighted by atomic mass is 10.1. The first-order chi connectivity index (χ1) is 10.9. The molecule has 23 heavy (non-hydrogen) atoms. The Morgan fingerprint density at radius 2 is 1.96 bits per heavy atom. The molecule has 0 radical (unpaired) electrons. The van der Waals surface area contributed by atoms with E-state index in [0.29, 0.717) is 32.8 Å². The number of carbonyl (C=O) groups is 1. The van der Waals surface area contributed by atoms with Crippen LogP contribution in [0.2, 0.25) is 0 Å². The Bertz CT molecular complexity index is 734. The molecule has 1 aromatic carbocycles. The molecule has 1 aromatic rings. The second-order valence-corrected chi connectivity index (χ2v) is 7.77. The van der Waals surface area contributed by atoms with Crippen molar-refractivity contribution in [3.05, 3.63) is 35.4 Å². The van der Waals surface area contributed by atoms with Gasteiger partial charge in [0.15, 0.2) is 0 Å². The van der Waals surface area contributed by atoms with Crippen LogP contribution >= 0.6 is 0 Å². The fourth-order valence-corrected chi connectivity index (χ4v) is 3.65. The highest BCUT2D eigenvalue weighted by Crippen LogP contribution is 2.26. The molecule has 0 bridgehead atoms. The first-order valence-corrected chi connectivity index (χ1v) is 9.46. The second kappa shape index (κ2) is 6.33. The predicted molar refractivity (Wildman–Crippen MR) is 87.7 cm³/mol. The molecular formula is C16H20N2O4S. The molecule has 2 aliphatic rings. The number of benzene rings is 1. The van der Waals surface area contributed by atoms with Crippen LogP contribution in [0.1, 0.15) is 11.1 Å². The van der Waals surface area contributed by atoms with E-state index < -0.39 is 10.0 Å². The van der Waals surface area contributed by atoms with Crippen molar-refractivity contribution >= 4 is 22.0 Å². The molecule has 2 aliphatic heterocycles. The fourth-order valence-electron chi connectivity index (χ4n) is 2.82. The van der Waals surface area contributed by atoms with Crippen LogP contribution in [0.5, 0.6) is 5.75 Å². The van der Waals surface area contributed by atoms with E-state index in [1.807, 2.05) is 18.2 Å². The molecule has 0 unspecified atom stereocenters. The van der Waals surface area contributed by atoms with Gasteiger partial charge in [-0.1, -0.05) is 6.07 Å². The van der Waals surface area contributed by atoms with Crippen molar-refractivity contribution in [3.8, 4) is 5.75 Å². The van der Waals surface area contributed by atoms with Gasteiger partial charge in [0.1, 0.15) is 5.75 Å². The standard InChI is InChI=1S/C16H20N2O4S/c1-23(20,21)18-9-7-17(8-10-18)16(19)5-3-13-2-4-15-14(12-13)6-11-22-15/h2-5,12H,6-11H2,1H3/b5-3+. The molecule has 2 heterocycles. The van der Waals surface area contributed by atoms with E-state index in [1.54, 1.807) is 17.1 Å². The molecule has 7 heteroatoms. The lowest BCUT2D eigenvalue weighted by Gasteiger charge is -2.32. The maximum absolute atomic E-state index is 12.2. The minimum absolute atomic E-state index is 0.0881. The molecule has 0 aliphatic carbocycles. The first-order valence-electron chi connectivity index (χ1n) is 7.61. The largest absolute Gasteiger partial charge is 0.493 e. The Morgan fingerprint density at radius 3 is 2.65 bits per heavy atom. The molecule has 3 rings (SSSR count). The number of piperazine rings is 1. The van der Waals surface area contributed by atoms with Gasteiger partial charge in [0, 0.05) is 38.7 Å². The van der Waals surface area contributed by atoms with Gasteiger partial charge in [0.25, 0.3) is 0 Å². The van der Waals surface area contributed by atoms with Crippen LogP contribution in [-0.4, -0.2) is 62.6 Å². The summed E-state index contributed by atoms with van der Waals surface area (Å²) < 4.78 is 29.8. The summed E-state index contributed by atoms with van der Waals surface area (Å²) >= 11 is 0. The topological polar surface area (TPSA) is 66.9 Å². The molecular weight excluding hydrogens is 316 g/mol. The molecule has 0 N–H and O–H groups in total. The Kier molecular flexibility index (Phi) is 4.41. The van der Waals surface area contributed by atoms with Gasteiger partial charge >= 0.3 is 0 Å². The SMILES string of the molecule is CS(=O)(=O)N1CCN(C(=O)/C=C/c2ccc3c(c2)CCO3)CC1. The average Bonchev–Trinajstić information content (AvgIpc) is 2.99. The summed E-state index contributed by atoms with van der Waals surface area (Å²) in [5.41, 5.74) is 2.14. The predicted octanol–water partition coefficient (Wildman–Crippen LogP) is 0.738. The smallest absolute Gasteiger partial charge is 0.246 e. The highest BCUT2D eigenvalue weighted by Gasteiger charge is 2.24. The number of nitrogens with zero attached hydrogens (tertiary/aromatic N) is 2. The van der Waals surface area contributed by atoms with Crippen LogP contribution in [0.3, 0.4) is 0 Å². The van der Waals surface area contributed by atoms with Crippen LogP contribution in [-0.2, 0) is 21.2 Å². The number of carbonyl (C=O) groups excluding carboxylic acids is 1. The summed E-state index contributed by atoms with van der Waals surface area (Å²) in [5.74, 6) is 0.834. The normalized spacial score (nSPS) is 18.9. The molecule has 124 valence electrons. The van der Waals surface area contributed by atoms with Crippen molar-refractivity contribution in [3.63, 3.8) is 0 Å². The first kappa shape index (κ1) is 16.0. The quantitative estimate of drug-likeness (QED) is 0.764. The zero-order valence-corrected chi connectivity index (χ0v) is 13.9. The number of hydrogen-bond donors (Lipinski definition) is 0. The van der Waals surface area contributed by atoms with Crippen molar-refractivity contribution < 1.29 is 17.9 Å². The fraction of sp³-hybridized carbons (Fsp3) is 0.438. The van der Waals surface area contributed by atoms with Gasteiger partial charge in [0.05, 0.1) is 12.9 Å². The minimum atomic E-state index is -3.17. The molecule has 0 aromatic heterocycles. The maximum atomic E-state index is 12.2. The lowest BCUT2D eigenvalue weighted by molar-refractivity contribution is -0.127. The highest BCUT2D eigenvalue weighted by atomic mass is 32.2. The Labute approximate surface area is 136 Å². The summed E-state index contributed by atoms with van der Waals surface area (Å²) in [4.78, 5) is 13.9. The second-order valence-electron chi connectivity index (χ2n) is 5.79. The third-order valence-electron chi connectivity index (χ3n) is 4.15. The van der Waals surface area contributed by atoms with Crippen LogP contribution < -0.4 is 4.74 Å². The Balaban J connectivity index is 1.59. The third kappa shape index (κ3) is 3.73. The number of amides is 1. The number of ether oxygens (including phenoxy) is 1. The van der Waals surface area contributed by atoms with E-state index in [-0.39, 0.29) is 5.91 Å². The molecule has 0 atom stereocenters. The average molecular weight is 336 g/mol. The van der Waals surface area contributed by atoms with Gasteiger partial charge in [-0.2, -0.15) is 4.31 Å². The minimum Gasteiger partial charge on any atom is -0.493 e. The van der Waals surface area contributed by atoms with Crippen LogP contribution in [0.15, 0.2) is 24.3 Å². The van der Waals surface area contributed by atoms with Crippen LogP contribution in [0.4, 0.5) is 0 Å². The van der Waals surface area contributed by atoms with E-state index in [1.165, 1.54) is 16.1 Å². The molecule has 1 fully saturated rings. The molecule has 0 saturated carbocycles. The van der Waals surface area contributed by atoms with E-state index in [0.717, 1.165) is 17.7 Å². The van der Waals surface area contributed by atoms with Crippen molar-refractivity contribution in [2.45, 2.75) is 6.42 Å². The zero-order valence-electron chi connectivity index (χ0n) is 13.1. The maximum Gasteiger partial charge on any atom is 0.246 e. The number of fused-ring (bicyclic) bond motifs is 1. The zero-order chi connectivity index (χ0) is 16.4. The summed E-state index contributed by atoms with van der Waals surface area (Å²) in [6.07, 6.45) is 5.44. The lowest BCUT2D eigenvalue weighted by Crippen LogP contribution is -2.49. The Hall–Kier alpha value is -1.86. The monoisotopic (exact) mass is 336 g/mol. The van der Waals surface area contributed by atoms with Crippen molar-refractivity contribution in [1.82, 2.24) is 9.21 Å². The third-order valence-corrected chi connectivity index (χ3v) is 5.45. The number of sulfonamides is 1. The van der Waals surface area contributed by atoms with E-state index in [2.05, 4.69) is 0 Å².